The number of para-hydroxylation sites is 1. The van der Waals surface area contributed by atoms with Crippen molar-refractivity contribution in [2.24, 2.45) is 5.14 Å². The normalized spacial score (nSPS) is 17.3. The van der Waals surface area contributed by atoms with Crippen LogP contribution in [0.15, 0.2) is 53.4 Å². The minimum Gasteiger partial charge on any atom is -0.464 e. The molecule has 1 atom stereocenters. The van der Waals surface area contributed by atoms with Crippen molar-refractivity contribution in [1.29, 1.82) is 0 Å². The smallest absolute Gasteiger partial charge is 0.416 e. The number of primary sulfonamides is 1. The topological polar surface area (TPSA) is 115 Å². The van der Waals surface area contributed by atoms with Gasteiger partial charge in [0.2, 0.25) is 10.0 Å². The van der Waals surface area contributed by atoms with E-state index in [0.29, 0.717) is 29.9 Å². The van der Waals surface area contributed by atoms with Gasteiger partial charge in [0.05, 0.1) is 22.2 Å². The zero-order valence-electron chi connectivity index (χ0n) is 20.8. The summed E-state index contributed by atoms with van der Waals surface area (Å²) in [5.41, 5.74) is 2.18. The van der Waals surface area contributed by atoms with E-state index in [4.69, 9.17) is 9.56 Å². The molecule has 8 nitrogen and oxygen atoms in total. The quantitative estimate of drug-likeness (QED) is 0.458. The Labute approximate surface area is 207 Å². The van der Waals surface area contributed by atoms with E-state index in [1.54, 1.807) is 24.3 Å². The molecule has 4 rings (SSSR count). The first-order chi connectivity index (χ1) is 16.2. The fourth-order valence-corrected chi connectivity index (χ4v) is 6.29. The minimum atomic E-state index is -3.98. The van der Waals surface area contributed by atoms with Crippen LogP contribution >= 0.6 is 0 Å². The molecule has 188 valence electrons. The summed E-state index contributed by atoms with van der Waals surface area (Å²) in [5.74, 6) is 0. The number of aromatic nitrogens is 1. The Morgan fingerprint density at radius 2 is 1.83 bits per heavy atom. The molecule has 1 fully saturated rings. The van der Waals surface area contributed by atoms with Gasteiger partial charge in [-0.2, -0.15) is 0 Å². The second-order valence-electron chi connectivity index (χ2n) is 10.7. The van der Waals surface area contributed by atoms with Crippen LogP contribution in [0.1, 0.15) is 27.2 Å². The molecule has 1 unspecified atom stereocenters. The Morgan fingerprint density at radius 1 is 1.14 bits per heavy atom. The summed E-state index contributed by atoms with van der Waals surface area (Å²) in [6.07, 6.45) is -0.258. The Bertz CT molecular complexity index is 1390. The van der Waals surface area contributed by atoms with Crippen LogP contribution in [0, 0.1) is 0 Å². The fourth-order valence-electron chi connectivity index (χ4n) is 4.37. The van der Waals surface area contributed by atoms with Crippen LogP contribution < -0.4 is 10.0 Å². The zero-order valence-corrected chi connectivity index (χ0v) is 22.6. The minimum absolute atomic E-state index is 0.0481. The van der Waals surface area contributed by atoms with Gasteiger partial charge in [-0.25, -0.2) is 22.9 Å². The van der Waals surface area contributed by atoms with Crippen molar-refractivity contribution in [3.05, 3.63) is 48.5 Å². The number of sulfonamides is 1. The lowest BCUT2D eigenvalue weighted by molar-refractivity contribution is 0.197. The molecule has 0 radical (unpaired) electrons. The molecule has 35 heavy (non-hydrogen) atoms. The van der Waals surface area contributed by atoms with Gasteiger partial charge in [-0.1, -0.05) is 39.0 Å². The molecule has 1 aliphatic heterocycles. The molecular weight excluding hydrogens is 482 g/mol. The lowest BCUT2D eigenvalue weighted by atomic mass is 10.1. The van der Waals surface area contributed by atoms with E-state index in [0.717, 1.165) is 17.5 Å². The number of hydrogen-bond acceptors (Lipinski definition) is 5. The molecule has 1 aromatic heterocycles. The van der Waals surface area contributed by atoms with Crippen molar-refractivity contribution in [1.82, 2.24) is 4.57 Å². The van der Waals surface area contributed by atoms with Crippen molar-refractivity contribution < 1.29 is 22.7 Å². The molecule has 0 amide bonds. The summed E-state index contributed by atoms with van der Waals surface area (Å²) >= 11 is 0. The lowest BCUT2D eigenvalue weighted by Crippen LogP contribution is -2.44. The predicted octanol–water partition coefficient (Wildman–Crippen LogP) is 5.08. The van der Waals surface area contributed by atoms with Crippen molar-refractivity contribution >= 4 is 41.0 Å². The van der Waals surface area contributed by atoms with Crippen LogP contribution in [0.4, 0.5) is 10.5 Å². The highest BCUT2D eigenvalue weighted by molar-refractivity contribution is 7.89. The van der Waals surface area contributed by atoms with E-state index in [2.05, 4.69) is 38.8 Å². The van der Waals surface area contributed by atoms with Crippen LogP contribution in [0.5, 0.6) is 0 Å². The van der Waals surface area contributed by atoms with Crippen LogP contribution in [0.3, 0.4) is 0 Å². The molecule has 2 aromatic carbocycles. The predicted molar refractivity (Wildman–Crippen MR) is 141 cm³/mol. The van der Waals surface area contributed by atoms with E-state index in [-0.39, 0.29) is 16.0 Å². The van der Waals surface area contributed by atoms with E-state index in [9.17, 15) is 18.3 Å². The maximum atomic E-state index is 12.3. The lowest BCUT2D eigenvalue weighted by Gasteiger charge is -2.38. The fraction of sp³-hybridized carbons (Fsp3) is 0.400. The average Bonchev–Trinajstić information content (AvgIpc) is 3.36. The SMILES string of the molecule is CC(C)(C)[Si](C)(C)OC1CCN(c2ccc(S(N)(=O)=O)cc2-c2cc3ccccc3n2C(=O)O)C1. The monoisotopic (exact) mass is 515 g/mol. The van der Waals surface area contributed by atoms with Crippen LogP contribution in [0.25, 0.3) is 22.2 Å². The zero-order chi connectivity index (χ0) is 25.8. The van der Waals surface area contributed by atoms with Gasteiger partial charge >= 0.3 is 6.09 Å². The second kappa shape index (κ2) is 8.77. The molecular formula is C25H33N3O5SSi. The number of carbonyl (C=O) groups is 1. The molecule has 3 aromatic rings. The van der Waals surface area contributed by atoms with Gasteiger partial charge in [0.25, 0.3) is 0 Å². The summed E-state index contributed by atoms with van der Waals surface area (Å²) in [5, 5.41) is 16.3. The third-order valence-electron chi connectivity index (χ3n) is 7.23. The Kier molecular flexibility index (Phi) is 6.37. The third-order valence-corrected chi connectivity index (χ3v) is 12.7. The highest BCUT2D eigenvalue weighted by Gasteiger charge is 2.40. The molecule has 2 heterocycles. The number of nitrogens with two attached hydrogens (primary N) is 1. The molecule has 10 heteroatoms. The number of carboxylic acid groups (broad SMARTS) is 1. The Balaban J connectivity index is 1.81. The van der Waals surface area contributed by atoms with Crippen molar-refractivity contribution in [2.45, 2.75) is 56.3 Å². The molecule has 1 aliphatic rings. The van der Waals surface area contributed by atoms with Gasteiger partial charge < -0.3 is 14.4 Å². The van der Waals surface area contributed by atoms with E-state index in [1.807, 2.05) is 12.1 Å². The largest absolute Gasteiger partial charge is 0.464 e. The molecule has 3 N–H and O–H groups in total. The van der Waals surface area contributed by atoms with Crippen LogP contribution in [0.2, 0.25) is 18.1 Å². The van der Waals surface area contributed by atoms with E-state index in [1.165, 1.54) is 16.7 Å². The van der Waals surface area contributed by atoms with E-state index < -0.39 is 24.4 Å². The van der Waals surface area contributed by atoms with Crippen molar-refractivity contribution in [3.63, 3.8) is 0 Å². The molecule has 0 bridgehead atoms. The number of rotatable bonds is 5. The molecule has 0 aliphatic carbocycles. The maximum Gasteiger partial charge on any atom is 0.416 e. The van der Waals surface area contributed by atoms with E-state index >= 15 is 0 Å². The van der Waals surface area contributed by atoms with Gasteiger partial charge in [-0.05, 0) is 54.9 Å². The van der Waals surface area contributed by atoms with Gasteiger partial charge in [0.1, 0.15) is 0 Å². The van der Waals surface area contributed by atoms with Crippen LogP contribution in [-0.2, 0) is 14.4 Å². The van der Waals surface area contributed by atoms with Crippen LogP contribution in [-0.4, -0.2) is 51.7 Å². The summed E-state index contributed by atoms with van der Waals surface area (Å²) in [4.78, 5) is 14.4. The number of benzene rings is 2. The second-order valence-corrected chi connectivity index (χ2v) is 17.0. The maximum absolute atomic E-state index is 12.3. The highest BCUT2D eigenvalue weighted by Crippen LogP contribution is 2.41. The van der Waals surface area contributed by atoms with Gasteiger partial charge in [-0.3, -0.25) is 0 Å². The van der Waals surface area contributed by atoms with Gasteiger partial charge in [0, 0.05) is 29.7 Å². The number of nitrogens with zero attached hydrogens (tertiary/aromatic N) is 2. The first-order valence-corrected chi connectivity index (χ1v) is 16.1. The highest BCUT2D eigenvalue weighted by atomic mass is 32.2. The Morgan fingerprint density at radius 3 is 2.46 bits per heavy atom. The number of fused-ring (bicyclic) bond motifs is 1. The first kappa shape index (κ1) is 25.4. The van der Waals surface area contributed by atoms with Gasteiger partial charge in [-0.15, -0.1) is 0 Å². The van der Waals surface area contributed by atoms with Gasteiger partial charge in [0.15, 0.2) is 8.32 Å². The number of anilines is 1. The molecule has 1 saturated heterocycles. The summed E-state index contributed by atoms with van der Waals surface area (Å²) < 4.78 is 32.2. The number of hydrogen-bond donors (Lipinski definition) is 2. The standard InChI is InChI=1S/C25H33N3O5SSi/c1-25(2,3)35(4,5)33-18-12-13-27(16-18)22-11-10-19(34(26,31)32)15-20(22)23-14-17-8-6-7-9-21(17)28(23)24(29)30/h6-11,14-15,18H,12-13,16H2,1-5H3,(H,29,30)(H2,26,31,32). The Hall–Kier alpha value is -2.66. The average molecular weight is 516 g/mol. The van der Waals surface area contributed by atoms with Crippen molar-refractivity contribution in [3.8, 4) is 11.3 Å². The molecule has 0 spiro atoms. The summed E-state index contributed by atoms with van der Waals surface area (Å²) in [7, 11) is -5.94. The summed E-state index contributed by atoms with van der Waals surface area (Å²) in [6.45, 7) is 12.4. The third kappa shape index (κ3) is 4.88. The molecule has 0 saturated carbocycles. The summed E-state index contributed by atoms with van der Waals surface area (Å²) in [6, 6.07) is 13.6. The van der Waals surface area contributed by atoms with Crippen molar-refractivity contribution in [2.75, 3.05) is 18.0 Å². The first-order valence-electron chi connectivity index (χ1n) is 11.6.